The average molecular weight is 180 g/mol. The third kappa shape index (κ3) is 7.62. The van der Waals surface area contributed by atoms with Crippen LogP contribution in [-0.2, 0) is 0 Å². The highest BCUT2D eigenvalue weighted by Gasteiger charge is 2.04. The summed E-state index contributed by atoms with van der Waals surface area (Å²) in [5.74, 6) is 2.44. The van der Waals surface area contributed by atoms with Crippen molar-refractivity contribution in [3.63, 3.8) is 0 Å². The number of aliphatic hydroxyl groups excluding tert-OH is 1. The predicted molar refractivity (Wildman–Crippen MR) is 57.4 cm³/mol. The first kappa shape index (κ1) is 12.3. The van der Waals surface area contributed by atoms with Crippen molar-refractivity contribution in [2.75, 3.05) is 0 Å². The van der Waals surface area contributed by atoms with Crippen LogP contribution in [-0.4, -0.2) is 11.2 Å². The highest BCUT2D eigenvalue weighted by molar-refractivity contribution is 5.21. The van der Waals surface area contributed by atoms with Gasteiger partial charge in [-0.25, -0.2) is 0 Å². The van der Waals surface area contributed by atoms with Crippen LogP contribution in [0.5, 0.6) is 0 Å². The monoisotopic (exact) mass is 180 g/mol. The molecule has 0 radical (unpaired) electrons. The van der Waals surface area contributed by atoms with Crippen LogP contribution < -0.4 is 0 Å². The molecule has 0 aromatic rings. The second kappa shape index (κ2) is 7.89. The normalized spacial score (nSPS) is 12.1. The van der Waals surface area contributed by atoms with Gasteiger partial charge < -0.3 is 5.11 Å². The molecule has 0 fully saturated rings. The SMILES string of the molecule is C#CC(=C)C[C@@H](O)CCCCCC. The van der Waals surface area contributed by atoms with E-state index in [2.05, 4.69) is 19.4 Å². The predicted octanol–water partition coefficient (Wildman–Crippen LogP) is 2.90. The molecule has 0 aromatic carbocycles. The van der Waals surface area contributed by atoms with Crippen LogP contribution in [0.1, 0.15) is 45.4 Å². The summed E-state index contributed by atoms with van der Waals surface area (Å²) in [6, 6.07) is 0. The smallest absolute Gasteiger partial charge is 0.0586 e. The third-order valence-electron chi connectivity index (χ3n) is 2.08. The standard InChI is InChI=1S/C12H20O/c1-4-6-7-8-9-12(13)10-11(3)5-2/h2,12-13H,3-4,6-10H2,1H3/t12-/m0/s1. The maximum absolute atomic E-state index is 9.49. The minimum Gasteiger partial charge on any atom is -0.393 e. The van der Waals surface area contributed by atoms with Crippen LogP contribution in [0.15, 0.2) is 12.2 Å². The minimum atomic E-state index is -0.291. The zero-order valence-electron chi connectivity index (χ0n) is 8.55. The molecule has 0 aliphatic rings. The Bertz CT molecular complexity index is 176. The Hall–Kier alpha value is -0.740. The van der Waals surface area contributed by atoms with E-state index in [-0.39, 0.29) is 6.10 Å². The van der Waals surface area contributed by atoms with Crippen LogP contribution in [0, 0.1) is 12.3 Å². The summed E-state index contributed by atoms with van der Waals surface area (Å²) in [5, 5.41) is 9.49. The van der Waals surface area contributed by atoms with Crippen LogP contribution in [0.25, 0.3) is 0 Å². The summed E-state index contributed by atoms with van der Waals surface area (Å²) in [6.07, 6.45) is 11.0. The van der Waals surface area contributed by atoms with Gasteiger partial charge in [-0.05, 0) is 12.0 Å². The van der Waals surface area contributed by atoms with E-state index in [1.54, 1.807) is 0 Å². The number of hydrogen-bond acceptors (Lipinski definition) is 1. The van der Waals surface area contributed by atoms with Gasteiger partial charge in [-0.2, -0.15) is 0 Å². The molecule has 0 heterocycles. The molecule has 0 rings (SSSR count). The first-order chi connectivity index (χ1) is 6.20. The Morgan fingerprint density at radius 1 is 1.46 bits per heavy atom. The van der Waals surface area contributed by atoms with Crippen molar-refractivity contribution >= 4 is 0 Å². The van der Waals surface area contributed by atoms with E-state index in [1.807, 2.05) is 0 Å². The van der Waals surface area contributed by atoms with Gasteiger partial charge in [0.1, 0.15) is 0 Å². The number of hydrogen-bond donors (Lipinski definition) is 1. The molecule has 0 saturated heterocycles. The van der Waals surface area contributed by atoms with Gasteiger partial charge in [0, 0.05) is 6.42 Å². The molecule has 74 valence electrons. The number of terminal acetylenes is 1. The van der Waals surface area contributed by atoms with E-state index < -0.39 is 0 Å². The van der Waals surface area contributed by atoms with Crippen molar-refractivity contribution < 1.29 is 5.11 Å². The molecule has 1 heteroatoms. The molecule has 1 nitrogen and oxygen atoms in total. The second-order valence-corrected chi connectivity index (χ2v) is 3.46. The lowest BCUT2D eigenvalue weighted by Crippen LogP contribution is -2.06. The van der Waals surface area contributed by atoms with Crippen molar-refractivity contribution in [2.45, 2.75) is 51.6 Å². The van der Waals surface area contributed by atoms with Crippen molar-refractivity contribution in [2.24, 2.45) is 0 Å². The van der Waals surface area contributed by atoms with Gasteiger partial charge in [-0.15, -0.1) is 6.42 Å². The van der Waals surface area contributed by atoms with Gasteiger partial charge in [0.15, 0.2) is 0 Å². The van der Waals surface area contributed by atoms with Crippen LogP contribution in [0.2, 0.25) is 0 Å². The summed E-state index contributed by atoms with van der Waals surface area (Å²) in [4.78, 5) is 0. The Morgan fingerprint density at radius 3 is 2.69 bits per heavy atom. The molecule has 0 aliphatic heterocycles. The van der Waals surface area contributed by atoms with E-state index in [9.17, 15) is 5.11 Å². The van der Waals surface area contributed by atoms with E-state index >= 15 is 0 Å². The highest BCUT2D eigenvalue weighted by Crippen LogP contribution is 2.10. The number of aliphatic hydroxyl groups is 1. The lowest BCUT2D eigenvalue weighted by atomic mass is 10.0. The molecule has 0 spiro atoms. The fraction of sp³-hybridized carbons (Fsp3) is 0.667. The molecule has 0 bridgehead atoms. The highest BCUT2D eigenvalue weighted by atomic mass is 16.3. The van der Waals surface area contributed by atoms with Gasteiger partial charge in [-0.3, -0.25) is 0 Å². The van der Waals surface area contributed by atoms with Gasteiger partial charge >= 0.3 is 0 Å². The molecule has 0 amide bonds. The van der Waals surface area contributed by atoms with Crippen molar-refractivity contribution in [3.05, 3.63) is 12.2 Å². The lowest BCUT2D eigenvalue weighted by molar-refractivity contribution is 0.162. The Morgan fingerprint density at radius 2 is 2.15 bits per heavy atom. The van der Waals surface area contributed by atoms with E-state index in [4.69, 9.17) is 6.42 Å². The number of unbranched alkanes of at least 4 members (excludes halogenated alkanes) is 3. The topological polar surface area (TPSA) is 20.2 Å². The van der Waals surface area contributed by atoms with Crippen molar-refractivity contribution in [3.8, 4) is 12.3 Å². The first-order valence-electron chi connectivity index (χ1n) is 5.03. The Balaban J connectivity index is 3.36. The second-order valence-electron chi connectivity index (χ2n) is 3.46. The van der Waals surface area contributed by atoms with Gasteiger partial charge in [0.25, 0.3) is 0 Å². The van der Waals surface area contributed by atoms with Crippen LogP contribution in [0.3, 0.4) is 0 Å². The zero-order chi connectivity index (χ0) is 10.1. The summed E-state index contributed by atoms with van der Waals surface area (Å²) >= 11 is 0. The average Bonchev–Trinajstić information content (AvgIpc) is 2.12. The Labute approximate surface area is 81.9 Å². The number of rotatable bonds is 7. The zero-order valence-corrected chi connectivity index (χ0v) is 8.55. The first-order valence-corrected chi connectivity index (χ1v) is 5.03. The quantitative estimate of drug-likeness (QED) is 0.472. The summed E-state index contributed by atoms with van der Waals surface area (Å²) < 4.78 is 0. The molecule has 0 aliphatic carbocycles. The van der Waals surface area contributed by atoms with Gasteiger partial charge in [0.2, 0.25) is 0 Å². The molecular formula is C12H20O. The lowest BCUT2D eigenvalue weighted by Gasteiger charge is -2.08. The van der Waals surface area contributed by atoms with Crippen LogP contribution >= 0.6 is 0 Å². The maximum atomic E-state index is 9.49. The van der Waals surface area contributed by atoms with E-state index in [0.717, 1.165) is 12.8 Å². The van der Waals surface area contributed by atoms with Gasteiger partial charge in [0.05, 0.1) is 6.10 Å². The fourth-order valence-corrected chi connectivity index (χ4v) is 1.25. The summed E-state index contributed by atoms with van der Waals surface area (Å²) in [6.45, 7) is 5.84. The molecule has 0 aromatic heterocycles. The maximum Gasteiger partial charge on any atom is 0.0586 e. The molecule has 1 atom stereocenters. The molecular weight excluding hydrogens is 160 g/mol. The van der Waals surface area contributed by atoms with E-state index in [0.29, 0.717) is 12.0 Å². The third-order valence-corrected chi connectivity index (χ3v) is 2.08. The van der Waals surface area contributed by atoms with Crippen LogP contribution in [0.4, 0.5) is 0 Å². The largest absolute Gasteiger partial charge is 0.393 e. The van der Waals surface area contributed by atoms with Crippen molar-refractivity contribution in [1.29, 1.82) is 0 Å². The molecule has 0 saturated carbocycles. The van der Waals surface area contributed by atoms with Crippen molar-refractivity contribution in [1.82, 2.24) is 0 Å². The molecule has 0 unspecified atom stereocenters. The van der Waals surface area contributed by atoms with E-state index in [1.165, 1.54) is 19.3 Å². The summed E-state index contributed by atoms with van der Waals surface area (Å²) in [7, 11) is 0. The van der Waals surface area contributed by atoms with Gasteiger partial charge in [-0.1, -0.05) is 45.1 Å². The molecule has 1 N–H and O–H groups in total. The molecule has 13 heavy (non-hydrogen) atoms. The fourth-order valence-electron chi connectivity index (χ4n) is 1.25. The minimum absolute atomic E-state index is 0.291. The summed E-state index contributed by atoms with van der Waals surface area (Å²) in [5.41, 5.74) is 0.697. The Kier molecular flexibility index (Phi) is 7.44.